The van der Waals surface area contributed by atoms with Crippen LogP contribution in [0.4, 0.5) is 0 Å². The average molecular weight is 649 g/mol. The van der Waals surface area contributed by atoms with Crippen LogP contribution in [0.15, 0.2) is 82.1 Å². The van der Waals surface area contributed by atoms with E-state index >= 15 is 0 Å². The maximum atomic E-state index is 11.5. The molecule has 4 aromatic rings. The Morgan fingerprint density at radius 3 is 1.59 bits per heavy atom. The van der Waals surface area contributed by atoms with E-state index in [4.69, 9.17) is 9.97 Å². The third-order valence-electron chi connectivity index (χ3n) is 9.45. The molecule has 0 aliphatic heterocycles. The molecule has 0 spiro atoms. The summed E-state index contributed by atoms with van der Waals surface area (Å²) >= 11 is 1.69. The molecule has 0 saturated heterocycles. The summed E-state index contributed by atoms with van der Waals surface area (Å²) in [4.78, 5) is 18.5. The summed E-state index contributed by atoms with van der Waals surface area (Å²) in [5.41, 5.74) is 15.4. The van der Waals surface area contributed by atoms with Gasteiger partial charge in [-0.25, -0.2) is 18.4 Å². The number of hydrogen-bond acceptors (Lipinski definition) is 7. The Morgan fingerprint density at radius 2 is 1.20 bits per heavy atom. The SMILES string of the molecule is CC1=C(Cc2ccc(S(C)(=O)=O)nc2)c2nc(C3CC3)ccc2C1.CSc1ccc(CC2=C(C)Cc3ccc(C4CC4)nc32)cn1. The molecule has 2 saturated carbocycles. The number of sulfone groups is 1. The summed E-state index contributed by atoms with van der Waals surface area (Å²) in [7, 11) is -3.25. The summed E-state index contributed by atoms with van der Waals surface area (Å²) in [5, 5.41) is 1.20. The van der Waals surface area contributed by atoms with Gasteiger partial charge in [-0.15, -0.1) is 11.8 Å². The second-order valence-corrected chi connectivity index (χ2v) is 16.0. The lowest BCUT2D eigenvalue weighted by atomic mass is 10.0. The van der Waals surface area contributed by atoms with Gasteiger partial charge in [-0.3, -0.25) is 9.97 Å². The number of thioether (sulfide) groups is 1. The normalized spacial score (nSPS) is 17.1. The van der Waals surface area contributed by atoms with Crippen LogP contribution in [0.3, 0.4) is 0 Å². The summed E-state index contributed by atoms with van der Waals surface area (Å²) in [5.74, 6) is 1.36. The topological polar surface area (TPSA) is 85.7 Å². The van der Waals surface area contributed by atoms with Crippen molar-refractivity contribution in [3.63, 3.8) is 0 Å². The van der Waals surface area contributed by atoms with Crippen LogP contribution in [0.5, 0.6) is 0 Å². The second kappa shape index (κ2) is 12.5. The quantitative estimate of drug-likeness (QED) is 0.179. The fourth-order valence-electron chi connectivity index (χ4n) is 6.46. The third-order valence-corrected chi connectivity index (χ3v) is 11.1. The van der Waals surface area contributed by atoms with E-state index in [0.717, 1.165) is 47.9 Å². The molecule has 4 aromatic heterocycles. The maximum Gasteiger partial charge on any atom is 0.192 e. The molecular weight excluding hydrogens is 609 g/mol. The van der Waals surface area contributed by atoms with Gasteiger partial charge in [0.25, 0.3) is 0 Å². The largest absolute Gasteiger partial charge is 0.253 e. The van der Waals surface area contributed by atoms with Gasteiger partial charge in [0.15, 0.2) is 14.9 Å². The van der Waals surface area contributed by atoms with Gasteiger partial charge < -0.3 is 0 Å². The number of allylic oxidation sites excluding steroid dienone is 4. The van der Waals surface area contributed by atoms with Crippen molar-refractivity contribution in [2.75, 3.05) is 12.5 Å². The highest BCUT2D eigenvalue weighted by molar-refractivity contribution is 7.98. The van der Waals surface area contributed by atoms with Crippen molar-refractivity contribution in [2.24, 2.45) is 0 Å². The molecular formula is C38H40N4O2S2. The number of aromatic nitrogens is 4. The van der Waals surface area contributed by atoms with Gasteiger partial charge in [0.1, 0.15) is 0 Å². The van der Waals surface area contributed by atoms with Crippen molar-refractivity contribution in [1.29, 1.82) is 0 Å². The molecule has 4 heterocycles. The zero-order chi connectivity index (χ0) is 32.0. The summed E-state index contributed by atoms with van der Waals surface area (Å²) in [6, 6.07) is 16.7. The maximum absolute atomic E-state index is 11.5. The Bertz CT molecular complexity index is 1970. The first-order valence-corrected chi connectivity index (χ1v) is 19.3. The van der Waals surface area contributed by atoms with Crippen LogP contribution in [-0.4, -0.2) is 40.9 Å². The van der Waals surface area contributed by atoms with Crippen LogP contribution >= 0.6 is 11.8 Å². The molecule has 0 bridgehead atoms. The predicted molar refractivity (Wildman–Crippen MR) is 186 cm³/mol. The molecule has 6 nitrogen and oxygen atoms in total. The summed E-state index contributed by atoms with van der Waals surface area (Å²) in [6.45, 7) is 4.41. The van der Waals surface area contributed by atoms with Crippen molar-refractivity contribution in [3.8, 4) is 0 Å². The van der Waals surface area contributed by atoms with Crippen molar-refractivity contribution in [3.05, 3.63) is 117 Å². The van der Waals surface area contributed by atoms with Crippen LogP contribution in [-0.2, 0) is 35.5 Å². The van der Waals surface area contributed by atoms with Crippen LogP contribution in [0.2, 0.25) is 0 Å². The van der Waals surface area contributed by atoms with Crippen molar-refractivity contribution in [2.45, 2.75) is 87.1 Å². The van der Waals surface area contributed by atoms with Gasteiger partial charge in [-0.05, 0) is 116 Å². The lowest BCUT2D eigenvalue weighted by Gasteiger charge is -2.08. The fourth-order valence-corrected chi connectivity index (χ4v) is 7.39. The van der Waals surface area contributed by atoms with E-state index in [9.17, 15) is 8.42 Å². The monoisotopic (exact) mass is 648 g/mol. The van der Waals surface area contributed by atoms with Gasteiger partial charge >= 0.3 is 0 Å². The van der Waals surface area contributed by atoms with Gasteiger partial charge in [0.2, 0.25) is 0 Å². The van der Waals surface area contributed by atoms with Crippen molar-refractivity contribution < 1.29 is 8.42 Å². The van der Waals surface area contributed by atoms with Crippen LogP contribution in [0.25, 0.3) is 11.1 Å². The molecule has 0 N–H and O–H groups in total. The van der Waals surface area contributed by atoms with Crippen LogP contribution in [0, 0.1) is 0 Å². The lowest BCUT2D eigenvalue weighted by molar-refractivity contribution is 0.598. The molecule has 8 rings (SSSR count). The Morgan fingerprint density at radius 1 is 0.696 bits per heavy atom. The number of nitrogens with zero attached hydrogens (tertiary/aromatic N) is 4. The molecule has 0 atom stereocenters. The molecule has 0 aromatic carbocycles. The van der Waals surface area contributed by atoms with E-state index in [1.54, 1.807) is 24.0 Å². The Kier molecular flexibility index (Phi) is 8.45. The van der Waals surface area contributed by atoms with E-state index in [-0.39, 0.29) is 5.03 Å². The number of hydrogen-bond donors (Lipinski definition) is 0. The Labute approximate surface area is 276 Å². The van der Waals surface area contributed by atoms with Gasteiger partial charge in [0.05, 0.1) is 16.4 Å². The minimum atomic E-state index is -3.25. The van der Waals surface area contributed by atoms with E-state index in [1.807, 2.05) is 12.3 Å². The molecule has 8 heteroatoms. The molecule has 236 valence electrons. The van der Waals surface area contributed by atoms with E-state index < -0.39 is 9.84 Å². The van der Waals surface area contributed by atoms with Gasteiger partial charge in [-0.1, -0.05) is 35.4 Å². The standard InChI is InChI=1S/C19H20N2O2S.C19H20N2S/c1-12-9-15-6-7-17(14-4-5-14)21-19(15)16(12)10-13-3-8-18(20-11-13)24(2,22)23;1-12-9-15-6-7-17(14-4-5-14)21-19(15)16(12)10-13-3-8-18(22-2)20-11-13/h3,6-8,11,14H,4-5,9-10H2,1-2H3;3,6-8,11,14H,4-5,9-10H2,1-2H3. The van der Waals surface area contributed by atoms with Gasteiger partial charge in [0, 0.05) is 54.7 Å². The first-order chi connectivity index (χ1) is 22.2. The molecule has 4 aliphatic carbocycles. The minimum absolute atomic E-state index is 0.123. The smallest absolute Gasteiger partial charge is 0.192 e. The van der Waals surface area contributed by atoms with Crippen LogP contribution in [0.1, 0.15) is 96.4 Å². The third kappa shape index (κ3) is 6.74. The predicted octanol–water partition coefficient (Wildman–Crippen LogP) is 7.98. The highest BCUT2D eigenvalue weighted by Crippen LogP contribution is 2.43. The fraction of sp³-hybridized carbons (Fsp3) is 0.368. The molecule has 4 aliphatic rings. The Hall–Kier alpha value is -3.62. The molecule has 46 heavy (non-hydrogen) atoms. The Balaban J connectivity index is 0.000000147. The number of rotatable bonds is 8. The molecule has 0 radical (unpaired) electrons. The average Bonchev–Trinajstić information content (AvgIpc) is 3.99. The zero-order valence-electron chi connectivity index (χ0n) is 27.0. The lowest BCUT2D eigenvalue weighted by Crippen LogP contribution is -2.02. The van der Waals surface area contributed by atoms with E-state index in [1.165, 1.54) is 88.0 Å². The zero-order valence-corrected chi connectivity index (χ0v) is 28.6. The first-order valence-electron chi connectivity index (χ1n) is 16.2. The van der Waals surface area contributed by atoms with Crippen molar-refractivity contribution in [1.82, 2.24) is 19.9 Å². The number of pyridine rings is 4. The second-order valence-electron chi connectivity index (χ2n) is 13.2. The molecule has 0 amide bonds. The van der Waals surface area contributed by atoms with Crippen LogP contribution < -0.4 is 0 Å². The van der Waals surface area contributed by atoms with E-state index in [2.05, 4.69) is 66.5 Å². The highest BCUT2D eigenvalue weighted by Gasteiger charge is 2.29. The highest BCUT2D eigenvalue weighted by atomic mass is 32.2. The summed E-state index contributed by atoms with van der Waals surface area (Å²) in [6.07, 6.45) is 15.7. The molecule has 2 fully saturated rings. The summed E-state index contributed by atoms with van der Waals surface area (Å²) < 4.78 is 23.1. The minimum Gasteiger partial charge on any atom is -0.253 e. The number of fused-ring (bicyclic) bond motifs is 2. The van der Waals surface area contributed by atoms with Gasteiger partial charge in [-0.2, -0.15) is 0 Å². The molecule has 0 unspecified atom stereocenters. The van der Waals surface area contributed by atoms with E-state index in [0.29, 0.717) is 5.92 Å². The first kappa shape index (κ1) is 31.0. The van der Waals surface area contributed by atoms with Crippen molar-refractivity contribution >= 4 is 32.7 Å².